The van der Waals surface area contributed by atoms with Gasteiger partial charge in [0.2, 0.25) is 20.8 Å². The summed E-state index contributed by atoms with van der Waals surface area (Å²) in [6.45, 7) is -1.78. The summed E-state index contributed by atoms with van der Waals surface area (Å²) in [4.78, 5) is 0. The van der Waals surface area contributed by atoms with E-state index in [1.807, 2.05) is 0 Å². The van der Waals surface area contributed by atoms with Gasteiger partial charge in [-0.15, -0.1) is 0 Å². The Morgan fingerprint density at radius 2 is 0.947 bits per heavy atom. The fourth-order valence-electron chi connectivity index (χ4n) is 0.628. The maximum absolute atomic E-state index is 11.0. The standard InChI is InChI=1S/C4H10O10S3.2Li/c5-15(6,3-1-13-16(7,8)9)4-2-14-17(10,11)12;;/h1-4H2,(H,7,8,9)(H,10,11,12);;/q;2*+1/p-2. The molecule has 104 valence electrons. The molecule has 0 aromatic heterocycles. The van der Waals surface area contributed by atoms with Crippen LogP contribution in [0.4, 0.5) is 0 Å². The second kappa shape index (κ2) is 9.75. The number of hydrogen-bond acceptors (Lipinski definition) is 10. The van der Waals surface area contributed by atoms with Crippen LogP contribution in [0.5, 0.6) is 0 Å². The second-order valence-electron chi connectivity index (χ2n) is 2.61. The van der Waals surface area contributed by atoms with Gasteiger partial charge < -0.3 is 9.11 Å². The third-order valence-electron chi connectivity index (χ3n) is 1.24. The Balaban J connectivity index is -0.00000128. The Bertz CT molecular complexity index is 489. The van der Waals surface area contributed by atoms with Gasteiger partial charge in [0.25, 0.3) is 0 Å². The summed E-state index contributed by atoms with van der Waals surface area (Å²) >= 11 is 0. The third kappa shape index (κ3) is 18.9. The maximum atomic E-state index is 11.0. The molecule has 0 heterocycles. The van der Waals surface area contributed by atoms with Crippen molar-refractivity contribution in [1.29, 1.82) is 0 Å². The first-order valence-electron chi connectivity index (χ1n) is 3.82. The molecule has 0 unspecified atom stereocenters. The molecular weight excluding hydrogens is 318 g/mol. The van der Waals surface area contributed by atoms with Gasteiger partial charge in [-0.05, 0) is 0 Å². The van der Waals surface area contributed by atoms with Crippen LogP contribution in [0.3, 0.4) is 0 Å². The number of rotatable bonds is 8. The molecule has 0 aliphatic carbocycles. The van der Waals surface area contributed by atoms with Gasteiger partial charge in [0.15, 0.2) is 9.84 Å². The molecule has 0 bridgehead atoms. The molecule has 19 heavy (non-hydrogen) atoms. The molecule has 0 atom stereocenters. The number of sulfone groups is 1. The van der Waals surface area contributed by atoms with E-state index in [-0.39, 0.29) is 37.7 Å². The topological polar surface area (TPSA) is 167 Å². The van der Waals surface area contributed by atoms with Gasteiger partial charge >= 0.3 is 37.7 Å². The Morgan fingerprint density at radius 3 is 1.16 bits per heavy atom. The predicted octanol–water partition coefficient (Wildman–Crippen LogP) is -8.64. The van der Waals surface area contributed by atoms with Crippen LogP contribution in [0.1, 0.15) is 0 Å². The minimum atomic E-state index is -4.98. The van der Waals surface area contributed by atoms with Crippen molar-refractivity contribution in [3.05, 3.63) is 0 Å². The van der Waals surface area contributed by atoms with Crippen molar-refractivity contribution >= 4 is 30.6 Å². The summed E-state index contributed by atoms with van der Waals surface area (Å²) in [7, 11) is -13.8. The summed E-state index contributed by atoms with van der Waals surface area (Å²) in [5.74, 6) is -1.65. The molecule has 0 radical (unpaired) electrons. The largest absolute Gasteiger partial charge is 1.00 e. The molecule has 0 aliphatic rings. The van der Waals surface area contributed by atoms with Gasteiger partial charge in [-0.25, -0.2) is 25.3 Å². The minimum absolute atomic E-state index is 0. The average Bonchev–Trinajstić information content (AvgIpc) is 1.96. The van der Waals surface area contributed by atoms with Gasteiger partial charge in [0, 0.05) is 0 Å². The van der Waals surface area contributed by atoms with Gasteiger partial charge in [-0.2, -0.15) is 0 Å². The average molecular weight is 326 g/mol. The van der Waals surface area contributed by atoms with Crippen molar-refractivity contribution in [2.45, 2.75) is 0 Å². The Hall–Kier alpha value is 0.885. The van der Waals surface area contributed by atoms with Crippen LogP contribution in [0.25, 0.3) is 0 Å². The predicted molar refractivity (Wildman–Crippen MR) is 50.0 cm³/mol. The van der Waals surface area contributed by atoms with Crippen LogP contribution < -0.4 is 37.7 Å². The van der Waals surface area contributed by atoms with Crippen LogP contribution in [0.2, 0.25) is 0 Å². The van der Waals surface area contributed by atoms with Crippen LogP contribution >= 0.6 is 0 Å². The normalized spacial score (nSPS) is 12.3. The van der Waals surface area contributed by atoms with Crippen molar-refractivity contribution in [3.63, 3.8) is 0 Å². The fourth-order valence-corrected chi connectivity index (χ4v) is 2.29. The number of hydrogen-bond donors (Lipinski definition) is 0. The zero-order valence-corrected chi connectivity index (χ0v) is 12.6. The Morgan fingerprint density at radius 1 is 0.684 bits per heavy atom. The molecule has 0 aromatic rings. The molecule has 0 saturated heterocycles. The molecule has 0 N–H and O–H groups in total. The van der Waals surface area contributed by atoms with Crippen molar-refractivity contribution in [1.82, 2.24) is 0 Å². The van der Waals surface area contributed by atoms with Crippen LogP contribution in [-0.4, -0.2) is 59.1 Å². The second-order valence-corrected chi connectivity index (χ2v) is 7.02. The molecule has 0 aromatic carbocycles. The first-order valence-corrected chi connectivity index (χ1v) is 8.31. The van der Waals surface area contributed by atoms with E-state index in [4.69, 9.17) is 0 Å². The first-order chi connectivity index (χ1) is 7.41. The van der Waals surface area contributed by atoms with E-state index >= 15 is 0 Å². The molecule has 15 heteroatoms. The fraction of sp³-hybridized carbons (Fsp3) is 1.00. The smallest absolute Gasteiger partial charge is 0.726 e. The molecule has 10 nitrogen and oxygen atoms in total. The zero-order valence-electron chi connectivity index (χ0n) is 10.1. The summed E-state index contributed by atoms with van der Waals surface area (Å²) in [5, 5.41) is 0. The molecule has 0 spiro atoms. The molecular formula is C4H8Li2O10S3. The Kier molecular flexibility index (Phi) is 12.8. The van der Waals surface area contributed by atoms with Gasteiger partial charge in [-0.1, -0.05) is 0 Å². The zero-order chi connectivity index (χ0) is 13.7. The van der Waals surface area contributed by atoms with Crippen LogP contribution in [-0.2, 0) is 39.0 Å². The molecule has 0 rings (SSSR count). The van der Waals surface area contributed by atoms with Gasteiger partial charge in [0.05, 0.1) is 24.7 Å². The summed E-state index contributed by atoms with van der Waals surface area (Å²) < 4.78 is 89.0. The molecule has 0 fully saturated rings. The van der Waals surface area contributed by atoms with E-state index in [2.05, 4.69) is 8.37 Å². The van der Waals surface area contributed by atoms with E-state index in [0.717, 1.165) is 0 Å². The van der Waals surface area contributed by atoms with Crippen LogP contribution in [0.15, 0.2) is 0 Å². The van der Waals surface area contributed by atoms with Crippen LogP contribution in [0, 0.1) is 0 Å². The van der Waals surface area contributed by atoms with E-state index in [1.54, 1.807) is 0 Å². The maximum Gasteiger partial charge on any atom is 1.00 e. The quantitative estimate of drug-likeness (QED) is 0.237. The van der Waals surface area contributed by atoms with Gasteiger partial charge in [-0.3, -0.25) is 8.37 Å². The van der Waals surface area contributed by atoms with E-state index in [0.29, 0.717) is 0 Å². The minimum Gasteiger partial charge on any atom is -0.726 e. The van der Waals surface area contributed by atoms with E-state index < -0.39 is 55.4 Å². The molecule has 0 saturated carbocycles. The van der Waals surface area contributed by atoms with E-state index in [9.17, 15) is 34.4 Å². The molecule has 0 amide bonds. The van der Waals surface area contributed by atoms with Crippen molar-refractivity contribution in [2.75, 3.05) is 24.7 Å². The third-order valence-corrected chi connectivity index (χ3v) is 3.73. The summed E-state index contributed by atoms with van der Waals surface area (Å²) in [6, 6.07) is 0. The summed E-state index contributed by atoms with van der Waals surface area (Å²) in [5.41, 5.74) is 0. The van der Waals surface area contributed by atoms with Crippen molar-refractivity contribution in [3.8, 4) is 0 Å². The first kappa shape index (κ1) is 24.9. The van der Waals surface area contributed by atoms with E-state index in [1.165, 1.54) is 0 Å². The SMILES string of the molecule is O=S(=O)(CCOS(=O)(=O)[O-])CCOS(=O)(=O)[O-].[Li+].[Li+]. The Labute approximate surface area is 135 Å². The molecule has 0 aliphatic heterocycles. The van der Waals surface area contributed by atoms with Gasteiger partial charge in [0.1, 0.15) is 0 Å². The van der Waals surface area contributed by atoms with Crippen molar-refractivity contribution in [2.24, 2.45) is 0 Å². The van der Waals surface area contributed by atoms with Crippen molar-refractivity contribution < 1.29 is 80.4 Å². The monoisotopic (exact) mass is 326 g/mol. The summed E-state index contributed by atoms with van der Waals surface area (Å²) in [6.07, 6.45) is 0.